The van der Waals surface area contributed by atoms with Gasteiger partial charge in [-0.15, -0.1) is 0 Å². The largest absolute Gasteiger partial charge is 0.497 e. The predicted octanol–water partition coefficient (Wildman–Crippen LogP) is 1.79. The van der Waals surface area contributed by atoms with Crippen molar-refractivity contribution in [3.8, 4) is 5.75 Å². The number of methoxy groups -OCH3 is 1. The lowest BCUT2D eigenvalue weighted by Gasteiger charge is -2.30. The van der Waals surface area contributed by atoms with Crippen LogP contribution in [-0.4, -0.2) is 63.2 Å². The van der Waals surface area contributed by atoms with Crippen LogP contribution in [0.1, 0.15) is 18.1 Å². The van der Waals surface area contributed by atoms with E-state index in [-0.39, 0.29) is 17.3 Å². The molecule has 0 heterocycles. The molecule has 0 aliphatic carbocycles. The molecule has 0 aromatic heterocycles. The first-order valence-corrected chi connectivity index (χ1v) is 11.2. The molecule has 0 saturated carbocycles. The van der Waals surface area contributed by atoms with E-state index in [4.69, 9.17) is 4.74 Å². The number of nitrogens with one attached hydrogen (secondary N) is 1. The maximum atomic E-state index is 13.1. The minimum absolute atomic E-state index is 0.104. The minimum Gasteiger partial charge on any atom is -0.497 e. The SMILES string of the molecule is CNC(=O)C(C)N(Cc1cccc(OC)c1)C(=O)CN(C)S(=O)(=O)c1ccc(C)cc1. The number of nitrogens with zero attached hydrogens (tertiary/aromatic N) is 2. The van der Waals surface area contributed by atoms with Crippen LogP contribution in [0.5, 0.6) is 5.75 Å². The van der Waals surface area contributed by atoms with E-state index in [1.807, 2.05) is 13.0 Å². The van der Waals surface area contributed by atoms with E-state index >= 15 is 0 Å². The molecule has 2 aromatic carbocycles. The van der Waals surface area contributed by atoms with Crippen LogP contribution in [0.3, 0.4) is 0 Å². The van der Waals surface area contributed by atoms with Crippen LogP contribution in [0.4, 0.5) is 0 Å². The number of ether oxygens (including phenoxy) is 1. The van der Waals surface area contributed by atoms with Crippen LogP contribution >= 0.6 is 0 Å². The second kappa shape index (κ2) is 10.4. The van der Waals surface area contributed by atoms with E-state index in [1.165, 1.54) is 31.1 Å². The first kappa shape index (κ1) is 24.4. The topological polar surface area (TPSA) is 96.0 Å². The monoisotopic (exact) mass is 447 g/mol. The van der Waals surface area contributed by atoms with Crippen molar-refractivity contribution in [2.24, 2.45) is 0 Å². The highest BCUT2D eigenvalue weighted by molar-refractivity contribution is 7.89. The molecular formula is C22H29N3O5S. The van der Waals surface area contributed by atoms with Gasteiger partial charge in [0.1, 0.15) is 11.8 Å². The third kappa shape index (κ3) is 6.05. The van der Waals surface area contributed by atoms with Gasteiger partial charge in [-0.2, -0.15) is 4.31 Å². The van der Waals surface area contributed by atoms with E-state index in [1.54, 1.807) is 44.4 Å². The molecule has 168 valence electrons. The van der Waals surface area contributed by atoms with Gasteiger partial charge in [-0.05, 0) is 43.7 Å². The Hall–Kier alpha value is -2.91. The summed E-state index contributed by atoms with van der Waals surface area (Å²) in [6.45, 7) is 3.19. The smallest absolute Gasteiger partial charge is 0.243 e. The van der Waals surface area contributed by atoms with Crippen molar-refractivity contribution in [2.45, 2.75) is 31.3 Å². The van der Waals surface area contributed by atoms with Crippen LogP contribution in [0, 0.1) is 6.92 Å². The lowest BCUT2D eigenvalue weighted by Crippen LogP contribution is -2.50. The number of rotatable bonds is 9. The fourth-order valence-electron chi connectivity index (χ4n) is 3.02. The van der Waals surface area contributed by atoms with Crippen LogP contribution in [0.2, 0.25) is 0 Å². The number of hydrogen-bond donors (Lipinski definition) is 1. The molecule has 1 unspecified atom stereocenters. The first-order valence-electron chi connectivity index (χ1n) is 9.77. The van der Waals surface area contributed by atoms with Crippen molar-refractivity contribution in [2.75, 3.05) is 27.7 Å². The molecule has 2 amide bonds. The zero-order valence-corrected chi connectivity index (χ0v) is 19.3. The highest BCUT2D eigenvalue weighted by Crippen LogP contribution is 2.18. The van der Waals surface area contributed by atoms with Gasteiger partial charge in [0.2, 0.25) is 21.8 Å². The van der Waals surface area contributed by atoms with Gasteiger partial charge in [0.05, 0.1) is 18.6 Å². The number of carbonyl (C=O) groups is 2. The third-order valence-electron chi connectivity index (χ3n) is 4.99. The number of likely N-dealkylation sites (N-methyl/N-ethyl adjacent to an activating group) is 2. The van der Waals surface area contributed by atoms with Gasteiger partial charge in [0.25, 0.3) is 0 Å². The third-order valence-corrected chi connectivity index (χ3v) is 6.81. The molecule has 1 N–H and O–H groups in total. The normalized spacial score (nSPS) is 12.3. The molecule has 8 nitrogen and oxygen atoms in total. The number of amides is 2. The number of benzene rings is 2. The second-order valence-electron chi connectivity index (χ2n) is 7.24. The Morgan fingerprint density at radius 3 is 2.35 bits per heavy atom. The van der Waals surface area contributed by atoms with Gasteiger partial charge >= 0.3 is 0 Å². The summed E-state index contributed by atoms with van der Waals surface area (Å²) in [5, 5.41) is 2.53. The summed E-state index contributed by atoms with van der Waals surface area (Å²) in [6, 6.07) is 12.8. The van der Waals surface area contributed by atoms with Gasteiger partial charge in [-0.3, -0.25) is 9.59 Å². The summed E-state index contributed by atoms with van der Waals surface area (Å²) in [7, 11) is 0.523. The fraction of sp³-hybridized carbons (Fsp3) is 0.364. The highest BCUT2D eigenvalue weighted by atomic mass is 32.2. The molecule has 0 aliphatic rings. The Kier molecular flexibility index (Phi) is 8.18. The van der Waals surface area contributed by atoms with E-state index in [0.717, 1.165) is 15.4 Å². The second-order valence-corrected chi connectivity index (χ2v) is 9.28. The van der Waals surface area contributed by atoms with Crippen molar-refractivity contribution in [3.05, 3.63) is 59.7 Å². The number of carbonyl (C=O) groups excluding carboxylic acids is 2. The van der Waals surface area contributed by atoms with Crippen molar-refractivity contribution in [3.63, 3.8) is 0 Å². The summed E-state index contributed by atoms with van der Waals surface area (Å²) in [5.74, 6) is -0.214. The fourth-order valence-corrected chi connectivity index (χ4v) is 4.14. The van der Waals surface area contributed by atoms with Crippen LogP contribution in [0.15, 0.2) is 53.4 Å². The lowest BCUT2D eigenvalue weighted by atomic mass is 10.1. The van der Waals surface area contributed by atoms with Crippen molar-refractivity contribution in [1.29, 1.82) is 0 Å². The Morgan fingerprint density at radius 2 is 1.77 bits per heavy atom. The molecule has 31 heavy (non-hydrogen) atoms. The zero-order chi connectivity index (χ0) is 23.2. The van der Waals surface area contributed by atoms with Gasteiger partial charge in [-0.1, -0.05) is 29.8 Å². The quantitative estimate of drug-likeness (QED) is 0.632. The summed E-state index contributed by atoms with van der Waals surface area (Å²) < 4.78 is 31.9. The van der Waals surface area contributed by atoms with Gasteiger partial charge < -0.3 is 15.0 Å². The maximum Gasteiger partial charge on any atom is 0.243 e. The molecule has 2 rings (SSSR count). The molecule has 1 atom stereocenters. The molecule has 0 fully saturated rings. The van der Waals surface area contributed by atoms with Gasteiger partial charge in [0.15, 0.2) is 0 Å². The Labute approximate surface area is 183 Å². The van der Waals surface area contributed by atoms with Crippen molar-refractivity contribution >= 4 is 21.8 Å². The summed E-state index contributed by atoms with van der Waals surface area (Å²) in [6.07, 6.45) is 0. The van der Waals surface area contributed by atoms with Crippen LogP contribution in [0.25, 0.3) is 0 Å². The molecule has 0 bridgehead atoms. The molecule has 2 aromatic rings. The first-order chi connectivity index (χ1) is 14.6. The maximum absolute atomic E-state index is 13.1. The van der Waals surface area contributed by atoms with Crippen LogP contribution < -0.4 is 10.1 Å². The minimum atomic E-state index is -3.85. The summed E-state index contributed by atoms with van der Waals surface area (Å²) >= 11 is 0. The molecular weight excluding hydrogens is 418 g/mol. The Balaban J connectivity index is 2.27. The van der Waals surface area contributed by atoms with E-state index in [2.05, 4.69) is 5.32 Å². The van der Waals surface area contributed by atoms with E-state index in [0.29, 0.717) is 5.75 Å². The van der Waals surface area contributed by atoms with Gasteiger partial charge in [0, 0.05) is 20.6 Å². The average molecular weight is 448 g/mol. The molecule has 0 saturated heterocycles. The Bertz CT molecular complexity index is 1020. The summed E-state index contributed by atoms with van der Waals surface area (Å²) in [5.41, 5.74) is 1.69. The molecule has 0 aliphatic heterocycles. The zero-order valence-electron chi connectivity index (χ0n) is 18.5. The highest BCUT2D eigenvalue weighted by Gasteiger charge is 2.29. The summed E-state index contributed by atoms with van der Waals surface area (Å²) in [4.78, 5) is 26.8. The van der Waals surface area contributed by atoms with E-state index in [9.17, 15) is 18.0 Å². The molecule has 0 spiro atoms. The van der Waals surface area contributed by atoms with Crippen molar-refractivity contribution in [1.82, 2.24) is 14.5 Å². The molecule has 9 heteroatoms. The lowest BCUT2D eigenvalue weighted by molar-refractivity contribution is -0.140. The number of sulfonamides is 1. The number of hydrogen-bond acceptors (Lipinski definition) is 5. The number of aryl methyl sites for hydroxylation is 1. The molecule has 0 radical (unpaired) electrons. The predicted molar refractivity (Wildman–Crippen MR) is 118 cm³/mol. The Morgan fingerprint density at radius 1 is 1.13 bits per heavy atom. The van der Waals surface area contributed by atoms with E-state index < -0.39 is 28.5 Å². The standard InChI is InChI=1S/C22H29N3O5S/c1-16-9-11-20(12-10-16)31(28,29)24(4)15-21(26)25(17(2)22(27)23-3)14-18-7-6-8-19(13-18)30-5/h6-13,17H,14-15H2,1-5H3,(H,23,27). The van der Waals surface area contributed by atoms with Crippen molar-refractivity contribution < 1.29 is 22.7 Å². The van der Waals surface area contributed by atoms with Crippen LogP contribution in [-0.2, 0) is 26.2 Å². The van der Waals surface area contributed by atoms with Gasteiger partial charge in [-0.25, -0.2) is 8.42 Å². The average Bonchev–Trinajstić information content (AvgIpc) is 2.76.